The topological polar surface area (TPSA) is 37.4 Å². The van der Waals surface area contributed by atoms with Gasteiger partial charge >= 0.3 is 0 Å². The van der Waals surface area contributed by atoms with E-state index in [4.69, 9.17) is 0 Å². The van der Waals surface area contributed by atoms with Crippen LogP contribution < -0.4 is 4.31 Å². The number of sulfonamides is 1. The summed E-state index contributed by atoms with van der Waals surface area (Å²) >= 11 is 0. The van der Waals surface area contributed by atoms with Crippen molar-refractivity contribution in [3.8, 4) is 0 Å². The number of rotatable bonds is 2. The molecule has 0 bridgehead atoms. The van der Waals surface area contributed by atoms with Crippen LogP contribution in [0.3, 0.4) is 0 Å². The molecular formula is C15H12F3NO2S. The molecule has 0 saturated carbocycles. The van der Waals surface area contributed by atoms with E-state index in [9.17, 15) is 21.6 Å². The number of nitrogens with zero attached hydrogens (tertiary/aromatic N) is 1. The van der Waals surface area contributed by atoms with E-state index >= 15 is 0 Å². The zero-order valence-electron chi connectivity index (χ0n) is 11.6. The van der Waals surface area contributed by atoms with Crippen LogP contribution in [0.5, 0.6) is 0 Å². The first-order valence-electron chi connectivity index (χ1n) is 6.59. The van der Waals surface area contributed by atoms with Gasteiger partial charge in [0.05, 0.1) is 10.6 Å². The van der Waals surface area contributed by atoms with Crippen LogP contribution in [-0.4, -0.2) is 14.5 Å². The minimum Gasteiger partial charge on any atom is -0.263 e. The van der Waals surface area contributed by atoms with Gasteiger partial charge in [0.1, 0.15) is 0 Å². The second kappa shape index (κ2) is 5.01. The third-order valence-corrected chi connectivity index (χ3v) is 5.56. The van der Waals surface area contributed by atoms with Crippen molar-refractivity contribution >= 4 is 15.7 Å². The van der Waals surface area contributed by atoms with Gasteiger partial charge in [0, 0.05) is 6.04 Å². The quantitative estimate of drug-likeness (QED) is 0.794. The zero-order valence-corrected chi connectivity index (χ0v) is 12.4. The van der Waals surface area contributed by atoms with Crippen LogP contribution in [0.4, 0.5) is 18.9 Å². The average molecular weight is 327 g/mol. The molecule has 0 aromatic heterocycles. The Bertz CT molecular complexity index is 829. The van der Waals surface area contributed by atoms with Crippen LogP contribution in [0.1, 0.15) is 12.5 Å². The fourth-order valence-electron chi connectivity index (χ4n) is 2.70. The third-order valence-electron chi connectivity index (χ3n) is 3.66. The van der Waals surface area contributed by atoms with Crippen molar-refractivity contribution in [2.75, 3.05) is 4.31 Å². The predicted molar refractivity (Wildman–Crippen MR) is 75.6 cm³/mol. The summed E-state index contributed by atoms with van der Waals surface area (Å²) in [6.07, 6.45) is 0.502. The monoisotopic (exact) mass is 327 g/mol. The molecule has 3 nitrogen and oxygen atoms in total. The highest BCUT2D eigenvalue weighted by atomic mass is 32.2. The van der Waals surface area contributed by atoms with E-state index in [2.05, 4.69) is 0 Å². The molecule has 0 spiro atoms. The lowest BCUT2D eigenvalue weighted by molar-refractivity contribution is 0.442. The highest BCUT2D eigenvalue weighted by Gasteiger charge is 2.36. The summed E-state index contributed by atoms with van der Waals surface area (Å²) in [5.41, 5.74) is 1.31. The molecule has 3 rings (SSSR count). The Labute approximate surface area is 126 Å². The summed E-state index contributed by atoms with van der Waals surface area (Å²) < 4.78 is 66.2. The van der Waals surface area contributed by atoms with Crippen molar-refractivity contribution in [2.24, 2.45) is 0 Å². The lowest BCUT2D eigenvalue weighted by Crippen LogP contribution is -2.35. The molecule has 22 heavy (non-hydrogen) atoms. The fourth-order valence-corrected chi connectivity index (χ4v) is 4.42. The smallest absolute Gasteiger partial charge is 0.263 e. The summed E-state index contributed by atoms with van der Waals surface area (Å²) in [4.78, 5) is -0.604. The van der Waals surface area contributed by atoms with E-state index in [1.165, 1.54) is 0 Å². The van der Waals surface area contributed by atoms with E-state index in [1.807, 2.05) is 0 Å². The molecule has 0 unspecified atom stereocenters. The van der Waals surface area contributed by atoms with Crippen LogP contribution in [0.2, 0.25) is 0 Å². The molecule has 2 aromatic rings. The number of hydrogen-bond donors (Lipinski definition) is 0. The van der Waals surface area contributed by atoms with Crippen molar-refractivity contribution in [3.05, 3.63) is 59.4 Å². The van der Waals surface area contributed by atoms with Crippen molar-refractivity contribution in [1.29, 1.82) is 0 Å². The molecule has 7 heteroatoms. The number of halogens is 3. The van der Waals surface area contributed by atoms with Crippen LogP contribution in [-0.2, 0) is 16.4 Å². The Morgan fingerprint density at radius 1 is 1.09 bits per heavy atom. The van der Waals surface area contributed by atoms with Crippen molar-refractivity contribution in [1.82, 2.24) is 0 Å². The summed E-state index contributed by atoms with van der Waals surface area (Å²) in [5.74, 6) is -4.74. The number of fused-ring (bicyclic) bond motifs is 1. The minimum absolute atomic E-state index is 0.390. The average Bonchev–Trinajstić information content (AvgIpc) is 2.80. The van der Waals surface area contributed by atoms with Crippen LogP contribution in [0.25, 0.3) is 0 Å². The Balaban J connectivity index is 2.15. The molecule has 0 saturated heterocycles. The van der Waals surface area contributed by atoms with E-state index in [0.29, 0.717) is 24.2 Å². The molecular weight excluding hydrogens is 315 g/mol. The standard InChI is InChI=1S/C15H12F3NO2S/c1-9-6-10-4-2-3-5-14(10)19(9)22(20,21)11-7-12(16)15(18)13(17)8-11/h2-5,7-9H,6H2,1H3/t9-/m0/s1. The second-order valence-electron chi connectivity index (χ2n) is 5.18. The number of para-hydroxylation sites is 1. The van der Waals surface area contributed by atoms with E-state index in [1.54, 1.807) is 31.2 Å². The minimum atomic E-state index is -4.18. The Morgan fingerprint density at radius 2 is 1.68 bits per heavy atom. The first-order chi connectivity index (χ1) is 10.3. The lowest BCUT2D eigenvalue weighted by Gasteiger charge is -2.24. The molecule has 0 aliphatic carbocycles. The molecule has 0 amide bonds. The van der Waals surface area contributed by atoms with Crippen molar-refractivity contribution in [3.63, 3.8) is 0 Å². The van der Waals surface area contributed by atoms with Crippen molar-refractivity contribution in [2.45, 2.75) is 24.3 Å². The van der Waals surface area contributed by atoms with Gasteiger partial charge in [-0.25, -0.2) is 21.6 Å². The maximum absolute atomic E-state index is 13.4. The molecule has 1 heterocycles. The molecule has 1 aliphatic rings. The van der Waals surface area contributed by atoms with Crippen LogP contribution in [0, 0.1) is 17.5 Å². The van der Waals surface area contributed by atoms with Crippen LogP contribution >= 0.6 is 0 Å². The summed E-state index contributed by atoms with van der Waals surface area (Å²) in [6.45, 7) is 1.70. The summed E-state index contributed by atoms with van der Waals surface area (Å²) in [5, 5.41) is 0. The normalized spacial score (nSPS) is 17.6. The maximum Gasteiger partial charge on any atom is 0.264 e. The van der Waals surface area contributed by atoms with Gasteiger partial charge in [-0.15, -0.1) is 0 Å². The van der Waals surface area contributed by atoms with Gasteiger partial charge in [-0.05, 0) is 37.1 Å². The number of benzene rings is 2. The van der Waals surface area contributed by atoms with E-state index in [-0.39, 0.29) is 0 Å². The first-order valence-corrected chi connectivity index (χ1v) is 8.03. The number of hydrogen-bond acceptors (Lipinski definition) is 2. The highest BCUT2D eigenvalue weighted by molar-refractivity contribution is 7.92. The van der Waals surface area contributed by atoms with Gasteiger partial charge in [0.15, 0.2) is 17.5 Å². The largest absolute Gasteiger partial charge is 0.264 e. The summed E-state index contributed by atoms with van der Waals surface area (Å²) in [7, 11) is -4.18. The molecule has 1 aliphatic heterocycles. The number of anilines is 1. The van der Waals surface area contributed by atoms with Crippen LogP contribution in [0.15, 0.2) is 41.3 Å². The van der Waals surface area contributed by atoms with Gasteiger partial charge < -0.3 is 0 Å². The molecule has 0 radical (unpaired) electrons. The first kappa shape index (κ1) is 14.9. The van der Waals surface area contributed by atoms with E-state index in [0.717, 1.165) is 9.87 Å². The van der Waals surface area contributed by atoms with Gasteiger partial charge in [-0.3, -0.25) is 4.31 Å². The predicted octanol–water partition coefficient (Wildman–Crippen LogP) is 3.24. The fraction of sp³-hybridized carbons (Fsp3) is 0.200. The van der Waals surface area contributed by atoms with Gasteiger partial charge in [-0.1, -0.05) is 18.2 Å². The third kappa shape index (κ3) is 2.16. The SMILES string of the molecule is C[C@H]1Cc2ccccc2N1S(=O)(=O)c1cc(F)c(F)c(F)c1. The van der Waals surface area contributed by atoms with Crippen molar-refractivity contribution < 1.29 is 21.6 Å². The summed E-state index contributed by atoms with van der Waals surface area (Å²) in [6, 6.07) is 7.52. The molecule has 0 N–H and O–H groups in total. The maximum atomic E-state index is 13.4. The second-order valence-corrected chi connectivity index (χ2v) is 7.00. The lowest BCUT2D eigenvalue weighted by atomic mass is 10.1. The van der Waals surface area contributed by atoms with Gasteiger partial charge in [-0.2, -0.15) is 0 Å². The molecule has 0 fully saturated rings. The Morgan fingerprint density at radius 3 is 2.32 bits per heavy atom. The Kier molecular flexibility index (Phi) is 3.40. The Hall–Kier alpha value is -2.02. The van der Waals surface area contributed by atoms with Gasteiger partial charge in [0.25, 0.3) is 10.0 Å². The molecule has 1 atom stereocenters. The zero-order chi connectivity index (χ0) is 16.1. The molecule has 2 aromatic carbocycles. The molecule has 116 valence electrons. The van der Waals surface area contributed by atoms with Gasteiger partial charge in [0.2, 0.25) is 0 Å². The highest BCUT2D eigenvalue weighted by Crippen LogP contribution is 2.36. The van der Waals surface area contributed by atoms with E-state index < -0.39 is 38.4 Å².